The number of aliphatic carboxylic acids is 1. The number of amides is 2. The van der Waals surface area contributed by atoms with Gasteiger partial charge in [0.25, 0.3) is 0 Å². The first kappa shape index (κ1) is 14.8. The van der Waals surface area contributed by atoms with Crippen LogP contribution in [-0.2, 0) is 4.79 Å². The molecule has 0 aromatic rings. The Balaban J connectivity index is 2.67. The summed E-state index contributed by atoms with van der Waals surface area (Å²) < 4.78 is 0. The molecule has 0 aromatic carbocycles. The zero-order valence-electron chi connectivity index (χ0n) is 11.8. The topological polar surface area (TPSA) is 60.9 Å². The number of carboxylic acid groups (broad SMARTS) is 1. The second kappa shape index (κ2) is 5.59. The number of urea groups is 1. The van der Waals surface area contributed by atoms with Crippen molar-refractivity contribution in [3.05, 3.63) is 0 Å². The van der Waals surface area contributed by atoms with Gasteiger partial charge in [0, 0.05) is 20.1 Å². The highest BCUT2D eigenvalue weighted by molar-refractivity contribution is 5.82. The molecule has 0 aliphatic carbocycles. The largest absolute Gasteiger partial charge is 0.480 e. The fraction of sp³-hybridized carbons (Fsp3) is 0.846. The average Bonchev–Trinajstić information content (AvgIpc) is 2.81. The summed E-state index contributed by atoms with van der Waals surface area (Å²) in [6.45, 7) is 7.32. The molecule has 0 radical (unpaired) electrons. The van der Waals surface area contributed by atoms with Crippen LogP contribution in [0.1, 0.15) is 40.0 Å². The van der Waals surface area contributed by atoms with Gasteiger partial charge in [0.15, 0.2) is 0 Å². The summed E-state index contributed by atoms with van der Waals surface area (Å²) in [4.78, 5) is 26.2. The number of nitrogens with zero attached hydrogens (tertiary/aromatic N) is 2. The first-order chi connectivity index (χ1) is 8.37. The van der Waals surface area contributed by atoms with E-state index in [0.29, 0.717) is 0 Å². The molecule has 1 atom stereocenters. The highest BCUT2D eigenvalue weighted by Crippen LogP contribution is 2.37. The predicted molar refractivity (Wildman–Crippen MR) is 69.5 cm³/mol. The lowest BCUT2D eigenvalue weighted by atomic mass is 9.82. The third-order valence-electron chi connectivity index (χ3n) is 4.45. The average molecular weight is 256 g/mol. The second-order valence-electron chi connectivity index (χ2n) is 5.29. The highest BCUT2D eigenvalue weighted by Gasteiger charge is 2.38. The Kier molecular flexibility index (Phi) is 4.59. The van der Waals surface area contributed by atoms with E-state index in [9.17, 15) is 9.59 Å². The summed E-state index contributed by atoms with van der Waals surface area (Å²) >= 11 is 0. The number of likely N-dealkylation sites (tertiary alicyclic amines) is 1. The zero-order chi connectivity index (χ0) is 13.9. The molecular weight excluding hydrogens is 232 g/mol. The van der Waals surface area contributed by atoms with Gasteiger partial charge in [-0.05, 0) is 31.6 Å². The van der Waals surface area contributed by atoms with Crippen molar-refractivity contribution in [3.63, 3.8) is 0 Å². The maximum atomic E-state index is 12.2. The van der Waals surface area contributed by atoms with E-state index in [0.717, 1.165) is 32.4 Å². The van der Waals surface area contributed by atoms with Gasteiger partial charge >= 0.3 is 12.0 Å². The van der Waals surface area contributed by atoms with Gasteiger partial charge in [0.2, 0.25) is 0 Å². The molecule has 1 saturated heterocycles. The van der Waals surface area contributed by atoms with Crippen LogP contribution in [0.5, 0.6) is 0 Å². The lowest BCUT2D eigenvalue weighted by Gasteiger charge is -2.30. The minimum atomic E-state index is -0.970. The van der Waals surface area contributed by atoms with E-state index in [1.807, 2.05) is 0 Å². The molecule has 5 nitrogen and oxygen atoms in total. The van der Waals surface area contributed by atoms with Crippen LogP contribution in [0.4, 0.5) is 4.79 Å². The second-order valence-corrected chi connectivity index (χ2v) is 5.29. The van der Waals surface area contributed by atoms with Crippen LogP contribution in [-0.4, -0.2) is 53.1 Å². The number of hydrogen-bond acceptors (Lipinski definition) is 2. The molecule has 104 valence electrons. The Bertz CT molecular complexity index is 326. The molecule has 1 unspecified atom stereocenters. The van der Waals surface area contributed by atoms with Crippen LogP contribution in [0.25, 0.3) is 0 Å². The fourth-order valence-corrected chi connectivity index (χ4v) is 2.48. The van der Waals surface area contributed by atoms with Crippen LogP contribution >= 0.6 is 0 Å². The smallest absolute Gasteiger partial charge is 0.326 e. The van der Waals surface area contributed by atoms with Gasteiger partial charge in [-0.2, -0.15) is 0 Å². The Morgan fingerprint density at radius 2 is 1.94 bits per heavy atom. The van der Waals surface area contributed by atoms with E-state index in [1.54, 1.807) is 11.9 Å². The van der Waals surface area contributed by atoms with Crippen LogP contribution in [0.2, 0.25) is 0 Å². The van der Waals surface area contributed by atoms with Gasteiger partial charge in [-0.15, -0.1) is 0 Å². The third kappa shape index (κ3) is 2.76. The van der Waals surface area contributed by atoms with Crippen molar-refractivity contribution in [2.75, 3.05) is 20.1 Å². The Morgan fingerprint density at radius 1 is 1.39 bits per heavy atom. The van der Waals surface area contributed by atoms with Crippen LogP contribution in [0.3, 0.4) is 0 Å². The molecule has 18 heavy (non-hydrogen) atoms. The fourth-order valence-electron chi connectivity index (χ4n) is 2.48. The van der Waals surface area contributed by atoms with E-state index in [-0.39, 0.29) is 11.4 Å². The minimum Gasteiger partial charge on any atom is -0.480 e. The number of likely N-dealkylation sites (N-methyl/N-ethyl adjacent to an activating group) is 1. The third-order valence-corrected chi connectivity index (χ3v) is 4.45. The molecule has 1 N–H and O–H groups in total. The molecule has 0 saturated carbocycles. The number of carbonyl (C=O) groups is 2. The molecule has 5 heteroatoms. The van der Waals surface area contributed by atoms with Crippen molar-refractivity contribution >= 4 is 12.0 Å². The van der Waals surface area contributed by atoms with Crippen LogP contribution in [0, 0.1) is 5.41 Å². The molecule has 1 heterocycles. The Labute approximate surface area is 109 Å². The summed E-state index contributed by atoms with van der Waals surface area (Å²) in [5.41, 5.74) is 0.225. The normalized spacial score (nSPS) is 19.7. The van der Waals surface area contributed by atoms with Gasteiger partial charge in [-0.3, -0.25) is 0 Å². The minimum absolute atomic E-state index is 0.173. The van der Waals surface area contributed by atoms with Gasteiger partial charge < -0.3 is 14.9 Å². The van der Waals surface area contributed by atoms with Crippen molar-refractivity contribution in [1.82, 2.24) is 9.80 Å². The quantitative estimate of drug-likeness (QED) is 0.837. The lowest BCUT2D eigenvalue weighted by molar-refractivity contribution is -0.141. The van der Waals surface area contributed by atoms with Crippen molar-refractivity contribution in [3.8, 4) is 0 Å². The Hall–Kier alpha value is -1.26. The van der Waals surface area contributed by atoms with Gasteiger partial charge in [0.1, 0.15) is 6.04 Å². The molecule has 0 bridgehead atoms. The summed E-state index contributed by atoms with van der Waals surface area (Å²) in [6.07, 6.45) is 3.14. The van der Waals surface area contributed by atoms with E-state index in [1.165, 1.54) is 11.8 Å². The molecular formula is C13H24N2O3. The first-order valence-electron chi connectivity index (χ1n) is 6.61. The molecule has 1 aliphatic rings. The number of carbonyl (C=O) groups excluding carboxylic acids is 1. The number of hydrogen-bond donors (Lipinski definition) is 1. The molecule has 2 amide bonds. The van der Waals surface area contributed by atoms with Crippen molar-refractivity contribution in [2.24, 2.45) is 5.41 Å². The van der Waals surface area contributed by atoms with Gasteiger partial charge in [-0.25, -0.2) is 9.59 Å². The Morgan fingerprint density at radius 3 is 2.33 bits per heavy atom. The predicted octanol–water partition coefficient (Wildman–Crippen LogP) is 2.02. The lowest BCUT2D eigenvalue weighted by Crippen LogP contribution is -2.47. The number of carboxylic acids is 1. The monoisotopic (exact) mass is 256 g/mol. The maximum Gasteiger partial charge on any atom is 0.326 e. The standard InChI is InChI=1S/C13H24N2O3/c1-5-13(6-2)7-8-15(9-13)12(18)14(4)10(3)11(16)17/h10H,5-9H2,1-4H3,(H,16,17). The summed E-state index contributed by atoms with van der Waals surface area (Å²) in [6, 6.07) is -0.954. The van der Waals surface area contributed by atoms with E-state index in [4.69, 9.17) is 5.11 Å². The molecule has 0 spiro atoms. The molecule has 1 fully saturated rings. The SMILES string of the molecule is CCC1(CC)CCN(C(=O)N(C)C(C)C(=O)O)C1. The zero-order valence-corrected chi connectivity index (χ0v) is 11.8. The highest BCUT2D eigenvalue weighted by atomic mass is 16.4. The summed E-state index contributed by atoms with van der Waals surface area (Å²) in [7, 11) is 1.55. The van der Waals surface area contributed by atoms with E-state index < -0.39 is 12.0 Å². The maximum absolute atomic E-state index is 12.2. The first-order valence-corrected chi connectivity index (χ1v) is 6.61. The number of rotatable bonds is 4. The van der Waals surface area contributed by atoms with Crippen LogP contribution in [0.15, 0.2) is 0 Å². The van der Waals surface area contributed by atoms with Crippen molar-refractivity contribution < 1.29 is 14.7 Å². The van der Waals surface area contributed by atoms with Gasteiger partial charge in [-0.1, -0.05) is 13.8 Å². The molecule has 1 rings (SSSR count). The summed E-state index contributed by atoms with van der Waals surface area (Å²) in [5, 5.41) is 8.93. The van der Waals surface area contributed by atoms with Crippen LogP contribution < -0.4 is 0 Å². The van der Waals surface area contributed by atoms with Crippen molar-refractivity contribution in [2.45, 2.75) is 46.1 Å². The van der Waals surface area contributed by atoms with Crippen molar-refractivity contribution in [1.29, 1.82) is 0 Å². The molecule has 0 aromatic heterocycles. The van der Waals surface area contributed by atoms with E-state index >= 15 is 0 Å². The summed E-state index contributed by atoms with van der Waals surface area (Å²) in [5.74, 6) is -0.970. The van der Waals surface area contributed by atoms with E-state index in [2.05, 4.69) is 13.8 Å². The molecule has 1 aliphatic heterocycles. The van der Waals surface area contributed by atoms with Gasteiger partial charge in [0.05, 0.1) is 0 Å².